The third-order valence-electron chi connectivity index (χ3n) is 3.61. The summed E-state index contributed by atoms with van der Waals surface area (Å²) in [7, 11) is 0. The first kappa shape index (κ1) is 15.8. The minimum atomic E-state index is -0.598. The van der Waals surface area contributed by atoms with Crippen LogP contribution in [0.25, 0.3) is 5.69 Å². The molecule has 0 aliphatic heterocycles. The number of benzene rings is 2. The van der Waals surface area contributed by atoms with Crippen LogP contribution in [-0.4, -0.2) is 37.8 Å². The Kier molecular flexibility index (Phi) is 4.93. The molecule has 1 unspecified atom stereocenters. The van der Waals surface area contributed by atoms with Crippen LogP contribution in [0.1, 0.15) is 28.4 Å². The Morgan fingerprint density at radius 1 is 1.17 bits per heavy atom. The van der Waals surface area contributed by atoms with Gasteiger partial charge in [-0.2, -0.15) is 0 Å². The fraction of sp³-hybridized carbons (Fsp3) is 0.176. The lowest BCUT2D eigenvalue weighted by molar-refractivity contribution is 0.0942. The first-order chi connectivity index (χ1) is 11.7. The summed E-state index contributed by atoms with van der Waals surface area (Å²) in [5, 5.41) is 23.9. The number of aromatic nitrogens is 4. The summed E-state index contributed by atoms with van der Waals surface area (Å²) in [5.74, 6) is -0.204. The van der Waals surface area contributed by atoms with Crippen molar-refractivity contribution in [3.05, 3.63) is 72.1 Å². The molecular weight excluding hydrogens is 306 g/mol. The minimum Gasteiger partial charge on any atom is -0.388 e. The maximum Gasteiger partial charge on any atom is 0.251 e. The molecule has 0 fully saturated rings. The highest BCUT2D eigenvalue weighted by Gasteiger charge is 2.10. The van der Waals surface area contributed by atoms with Crippen molar-refractivity contribution in [3.8, 4) is 5.69 Å². The SMILES string of the molecule is O=C(NCCC(O)c1ccccc1)c1cccc(-n2cnnn2)c1. The number of nitrogens with zero attached hydrogens (tertiary/aromatic N) is 4. The van der Waals surface area contributed by atoms with E-state index in [0.29, 0.717) is 24.2 Å². The van der Waals surface area contributed by atoms with Gasteiger partial charge in [-0.05, 0) is 40.6 Å². The summed E-state index contributed by atoms with van der Waals surface area (Å²) in [5.41, 5.74) is 2.06. The van der Waals surface area contributed by atoms with Crippen LogP contribution in [0.3, 0.4) is 0 Å². The van der Waals surface area contributed by atoms with E-state index in [1.54, 1.807) is 18.2 Å². The number of aliphatic hydroxyl groups is 1. The molecule has 0 saturated carbocycles. The molecule has 0 bridgehead atoms. The van der Waals surface area contributed by atoms with Crippen LogP contribution < -0.4 is 5.32 Å². The molecule has 0 aliphatic rings. The van der Waals surface area contributed by atoms with Crippen LogP contribution >= 0.6 is 0 Å². The smallest absolute Gasteiger partial charge is 0.251 e. The summed E-state index contributed by atoms with van der Waals surface area (Å²) in [6, 6.07) is 16.4. The van der Waals surface area contributed by atoms with Gasteiger partial charge in [-0.25, -0.2) is 4.68 Å². The van der Waals surface area contributed by atoms with Crippen LogP contribution in [0, 0.1) is 0 Å². The Hall–Kier alpha value is -3.06. The van der Waals surface area contributed by atoms with Crippen molar-refractivity contribution < 1.29 is 9.90 Å². The number of aliphatic hydroxyl groups excluding tert-OH is 1. The third-order valence-corrected chi connectivity index (χ3v) is 3.61. The van der Waals surface area contributed by atoms with E-state index >= 15 is 0 Å². The van der Waals surface area contributed by atoms with Gasteiger partial charge in [0.2, 0.25) is 0 Å². The van der Waals surface area contributed by atoms with Gasteiger partial charge < -0.3 is 10.4 Å². The third kappa shape index (κ3) is 3.82. The van der Waals surface area contributed by atoms with E-state index in [-0.39, 0.29) is 5.91 Å². The molecule has 3 aromatic rings. The molecule has 24 heavy (non-hydrogen) atoms. The lowest BCUT2D eigenvalue weighted by atomic mass is 10.1. The molecular formula is C17H17N5O2. The van der Waals surface area contributed by atoms with E-state index in [0.717, 1.165) is 5.56 Å². The Labute approximate surface area is 138 Å². The standard InChI is InChI=1S/C17H17N5O2/c23-16(13-5-2-1-3-6-13)9-10-18-17(24)14-7-4-8-15(11-14)22-12-19-20-21-22/h1-8,11-12,16,23H,9-10H2,(H,18,24). The molecule has 0 saturated heterocycles. The average Bonchev–Trinajstić information content (AvgIpc) is 3.17. The summed E-state index contributed by atoms with van der Waals surface area (Å²) >= 11 is 0. The molecule has 0 radical (unpaired) electrons. The molecule has 2 N–H and O–H groups in total. The van der Waals surface area contributed by atoms with Gasteiger partial charge in [0, 0.05) is 12.1 Å². The molecule has 122 valence electrons. The van der Waals surface area contributed by atoms with E-state index in [1.165, 1.54) is 11.0 Å². The maximum atomic E-state index is 12.2. The highest BCUT2D eigenvalue weighted by Crippen LogP contribution is 2.15. The van der Waals surface area contributed by atoms with Crippen molar-refractivity contribution in [2.75, 3.05) is 6.54 Å². The fourth-order valence-corrected chi connectivity index (χ4v) is 2.34. The van der Waals surface area contributed by atoms with E-state index in [9.17, 15) is 9.90 Å². The van der Waals surface area contributed by atoms with Crippen LogP contribution in [0.5, 0.6) is 0 Å². The lowest BCUT2D eigenvalue weighted by Crippen LogP contribution is -2.25. The Balaban J connectivity index is 1.57. The first-order valence-corrected chi connectivity index (χ1v) is 7.58. The zero-order chi connectivity index (χ0) is 16.8. The van der Waals surface area contributed by atoms with Gasteiger partial charge in [-0.1, -0.05) is 36.4 Å². The van der Waals surface area contributed by atoms with E-state index in [4.69, 9.17) is 0 Å². The second-order valence-electron chi connectivity index (χ2n) is 5.28. The number of carbonyl (C=O) groups is 1. The van der Waals surface area contributed by atoms with Gasteiger partial charge in [-0.3, -0.25) is 4.79 Å². The van der Waals surface area contributed by atoms with Gasteiger partial charge in [0.25, 0.3) is 5.91 Å². The monoisotopic (exact) mass is 323 g/mol. The second-order valence-corrected chi connectivity index (χ2v) is 5.28. The van der Waals surface area contributed by atoms with Crippen LogP contribution in [-0.2, 0) is 0 Å². The van der Waals surface area contributed by atoms with Crippen molar-refractivity contribution in [2.24, 2.45) is 0 Å². The molecule has 2 aromatic carbocycles. The molecule has 1 atom stereocenters. The molecule has 7 heteroatoms. The Bertz CT molecular complexity index is 790. The highest BCUT2D eigenvalue weighted by molar-refractivity contribution is 5.94. The van der Waals surface area contributed by atoms with Crippen LogP contribution in [0.4, 0.5) is 0 Å². The summed E-state index contributed by atoms with van der Waals surface area (Å²) in [6.45, 7) is 0.379. The largest absolute Gasteiger partial charge is 0.388 e. The molecule has 0 aliphatic carbocycles. The number of hydrogen-bond acceptors (Lipinski definition) is 5. The molecule has 1 heterocycles. The van der Waals surface area contributed by atoms with Gasteiger partial charge >= 0.3 is 0 Å². The molecule has 7 nitrogen and oxygen atoms in total. The summed E-state index contributed by atoms with van der Waals surface area (Å²) in [6.07, 6.45) is 1.31. The minimum absolute atomic E-state index is 0.204. The predicted molar refractivity (Wildman–Crippen MR) is 87.5 cm³/mol. The fourth-order valence-electron chi connectivity index (χ4n) is 2.34. The maximum absolute atomic E-state index is 12.2. The Morgan fingerprint density at radius 3 is 2.75 bits per heavy atom. The van der Waals surface area contributed by atoms with E-state index in [1.807, 2.05) is 36.4 Å². The number of rotatable bonds is 6. The zero-order valence-corrected chi connectivity index (χ0v) is 12.9. The number of tetrazole rings is 1. The molecule has 3 rings (SSSR count). The van der Waals surface area contributed by atoms with Gasteiger partial charge in [0.15, 0.2) is 0 Å². The number of carbonyl (C=O) groups excluding carboxylic acids is 1. The molecule has 1 aromatic heterocycles. The number of amides is 1. The van der Waals surface area contributed by atoms with Crippen molar-refractivity contribution in [3.63, 3.8) is 0 Å². The normalized spacial score (nSPS) is 11.9. The Morgan fingerprint density at radius 2 is 2.00 bits per heavy atom. The predicted octanol–water partition coefficient (Wildman–Crippen LogP) is 1.52. The van der Waals surface area contributed by atoms with Gasteiger partial charge in [-0.15, -0.1) is 5.10 Å². The highest BCUT2D eigenvalue weighted by atomic mass is 16.3. The van der Waals surface area contributed by atoms with Crippen molar-refractivity contribution >= 4 is 5.91 Å². The zero-order valence-electron chi connectivity index (χ0n) is 12.9. The lowest BCUT2D eigenvalue weighted by Gasteiger charge is -2.12. The van der Waals surface area contributed by atoms with Crippen molar-refractivity contribution in [1.82, 2.24) is 25.5 Å². The number of nitrogens with one attached hydrogen (secondary N) is 1. The van der Waals surface area contributed by atoms with E-state index in [2.05, 4.69) is 20.8 Å². The first-order valence-electron chi connectivity index (χ1n) is 7.58. The van der Waals surface area contributed by atoms with E-state index < -0.39 is 6.10 Å². The average molecular weight is 323 g/mol. The van der Waals surface area contributed by atoms with Crippen LogP contribution in [0.2, 0.25) is 0 Å². The summed E-state index contributed by atoms with van der Waals surface area (Å²) < 4.78 is 1.48. The van der Waals surface area contributed by atoms with Gasteiger partial charge in [0.05, 0.1) is 11.8 Å². The summed E-state index contributed by atoms with van der Waals surface area (Å²) in [4.78, 5) is 12.2. The quantitative estimate of drug-likeness (QED) is 0.717. The van der Waals surface area contributed by atoms with Crippen LogP contribution in [0.15, 0.2) is 60.9 Å². The van der Waals surface area contributed by atoms with Gasteiger partial charge in [0.1, 0.15) is 6.33 Å². The second kappa shape index (κ2) is 7.47. The number of hydrogen-bond donors (Lipinski definition) is 2. The van der Waals surface area contributed by atoms with Crippen molar-refractivity contribution in [1.29, 1.82) is 0 Å². The van der Waals surface area contributed by atoms with Crippen molar-refractivity contribution in [2.45, 2.75) is 12.5 Å². The molecule has 0 spiro atoms. The topological polar surface area (TPSA) is 92.9 Å². The molecule has 1 amide bonds.